The molecule has 0 aliphatic carbocycles. The lowest BCUT2D eigenvalue weighted by Gasteiger charge is -2.05. The Labute approximate surface area is 262 Å². The predicted molar refractivity (Wildman–Crippen MR) is 174 cm³/mol. The van der Waals surface area contributed by atoms with Crippen molar-refractivity contribution >= 4 is 76.8 Å². The van der Waals surface area contributed by atoms with Crippen molar-refractivity contribution in [1.29, 1.82) is 0 Å². The Morgan fingerprint density at radius 1 is 0.591 bits per heavy atom. The molecule has 0 atom stereocenters. The highest BCUT2D eigenvalue weighted by molar-refractivity contribution is 7.93. The Hall–Kier alpha value is -4.38. The molecule has 0 amide bonds. The smallest absolute Gasteiger partial charge is 0.256 e. The number of aryl methyl sites for hydroxylation is 2. The number of aromatic nitrogens is 4. The molecule has 16 heteroatoms. The number of aliphatic imine (C=N–C) groups is 2. The Kier molecular flexibility index (Phi) is 9.53. The van der Waals surface area contributed by atoms with Crippen LogP contribution in [0, 0.1) is 0 Å². The van der Waals surface area contributed by atoms with Crippen LogP contribution in [0.1, 0.15) is 35.0 Å². The van der Waals surface area contributed by atoms with Gasteiger partial charge in [0.2, 0.25) is 10.3 Å². The summed E-state index contributed by atoms with van der Waals surface area (Å²) in [4.78, 5) is 9.05. The lowest BCUT2D eigenvalue weighted by Crippen LogP contribution is -2.12. The maximum Gasteiger partial charge on any atom is 0.263 e. The molecule has 0 unspecified atom stereocenters. The molecule has 0 aliphatic rings. The highest BCUT2D eigenvalue weighted by Crippen LogP contribution is 2.24. The van der Waals surface area contributed by atoms with Crippen LogP contribution in [0.3, 0.4) is 0 Å². The summed E-state index contributed by atoms with van der Waals surface area (Å²) in [5, 5.41) is 17.5. The van der Waals surface area contributed by atoms with Crippen LogP contribution in [0.4, 0.5) is 21.6 Å². The van der Waals surface area contributed by atoms with E-state index in [-0.39, 0.29) is 20.1 Å². The third kappa shape index (κ3) is 7.96. The Morgan fingerprint density at radius 2 is 0.955 bits per heavy atom. The molecule has 226 valence electrons. The third-order valence-electron chi connectivity index (χ3n) is 5.94. The van der Waals surface area contributed by atoms with Crippen LogP contribution in [-0.4, -0.2) is 49.7 Å². The van der Waals surface area contributed by atoms with Gasteiger partial charge in [0.25, 0.3) is 20.0 Å². The highest BCUT2D eigenvalue weighted by atomic mass is 32.2. The van der Waals surface area contributed by atoms with Crippen LogP contribution in [0.5, 0.6) is 0 Å². The second-order valence-corrected chi connectivity index (χ2v) is 14.6. The number of rotatable bonds is 12. The van der Waals surface area contributed by atoms with E-state index in [9.17, 15) is 16.8 Å². The van der Waals surface area contributed by atoms with E-state index in [1.165, 1.54) is 46.9 Å². The fourth-order valence-corrected chi connectivity index (χ4v) is 7.43. The van der Waals surface area contributed by atoms with Crippen molar-refractivity contribution < 1.29 is 16.8 Å². The van der Waals surface area contributed by atoms with Gasteiger partial charge in [0, 0.05) is 12.4 Å². The van der Waals surface area contributed by atoms with Gasteiger partial charge in [-0.15, -0.1) is 20.4 Å². The van der Waals surface area contributed by atoms with Gasteiger partial charge in [-0.1, -0.05) is 60.8 Å². The van der Waals surface area contributed by atoms with Crippen LogP contribution in [0.2, 0.25) is 0 Å². The number of sulfonamides is 2. The van der Waals surface area contributed by atoms with Gasteiger partial charge in [-0.25, -0.2) is 16.8 Å². The fourth-order valence-electron chi connectivity index (χ4n) is 3.61. The van der Waals surface area contributed by atoms with Crippen LogP contribution in [0.25, 0.3) is 0 Å². The van der Waals surface area contributed by atoms with Gasteiger partial charge in [0.15, 0.2) is 0 Å². The molecule has 2 heterocycles. The van der Waals surface area contributed by atoms with Gasteiger partial charge in [0.05, 0.1) is 21.2 Å². The van der Waals surface area contributed by atoms with Crippen molar-refractivity contribution in [3.63, 3.8) is 0 Å². The van der Waals surface area contributed by atoms with E-state index >= 15 is 0 Å². The molecular formula is C28H26N8O4S4. The number of benzene rings is 3. The van der Waals surface area contributed by atoms with Gasteiger partial charge in [-0.05, 0) is 72.5 Å². The van der Waals surface area contributed by atoms with Crippen molar-refractivity contribution in [2.24, 2.45) is 9.98 Å². The SMILES string of the molecule is CCc1nnc(NS(=O)(=O)c2ccc(N=Cc3ccc(C=Nc4ccc(S(=O)(=O)Nc5nnc(CC)s5)cc4)cc3)cc2)s1. The molecule has 12 nitrogen and oxygen atoms in total. The summed E-state index contributed by atoms with van der Waals surface area (Å²) in [6, 6.07) is 19.9. The van der Waals surface area contributed by atoms with E-state index in [2.05, 4.69) is 39.8 Å². The maximum absolute atomic E-state index is 12.6. The molecule has 0 saturated heterocycles. The van der Waals surface area contributed by atoms with Crippen LogP contribution < -0.4 is 9.44 Å². The predicted octanol–water partition coefficient (Wildman–Crippen LogP) is 5.62. The Balaban J connectivity index is 1.16. The summed E-state index contributed by atoms with van der Waals surface area (Å²) in [6.45, 7) is 3.84. The van der Waals surface area contributed by atoms with Gasteiger partial charge in [-0.2, -0.15) is 0 Å². The molecule has 0 fully saturated rings. The molecule has 2 aromatic heterocycles. The molecule has 0 spiro atoms. The van der Waals surface area contributed by atoms with E-state index in [1.807, 2.05) is 38.1 Å². The lowest BCUT2D eigenvalue weighted by molar-refractivity contribution is 0.599. The molecule has 5 aromatic rings. The number of nitrogens with zero attached hydrogens (tertiary/aromatic N) is 6. The Morgan fingerprint density at radius 3 is 1.27 bits per heavy atom. The second kappa shape index (κ2) is 13.5. The maximum atomic E-state index is 12.6. The fraction of sp³-hybridized carbons (Fsp3) is 0.143. The topological polar surface area (TPSA) is 169 Å². The minimum atomic E-state index is -3.78. The summed E-state index contributed by atoms with van der Waals surface area (Å²) in [7, 11) is -7.57. The summed E-state index contributed by atoms with van der Waals surface area (Å²) < 4.78 is 55.5. The first-order valence-corrected chi connectivity index (χ1v) is 17.8. The van der Waals surface area contributed by atoms with E-state index < -0.39 is 20.0 Å². The molecule has 0 radical (unpaired) electrons. The van der Waals surface area contributed by atoms with E-state index in [1.54, 1.807) is 36.7 Å². The molecule has 3 aromatic carbocycles. The van der Waals surface area contributed by atoms with E-state index in [0.29, 0.717) is 24.2 Å². The molecular weight excluding hydrogens is 641 g/mol. The van der Waals surface area contributed by atoms with Crippen LogP contribution >= 0.6 is 22.7 Å². The standard InChI is InChI=1S/C28H26N8O4S4/c1-3-25-31-33-27(41-25)35-43(37,38)23-13-9-21(10-14-23)29-17-19-5-7-20(8-6-19)18-30-22-11-15-24(16-12-22)44(39,40)36-28-34-32-26(4-2)42-28/h5-18H,3-4H2,1-2H3,(H,33,35)(H,34,36). The second-order valence-electron chi connectivity index (χ2n) is 9.09. The molecule has 0 bridgehead atoms. The minimum absolute atomic E-state index is 0.0972. The molecule has 44 heavy (non-hydrogen) atoms. The van der Waals surface area contributed by atoms with E-state index in [4.69, 9.17) is 0 Å². The highest BCUT2D eigenvalue weighted by Gasteiger charge is 2.17. The average molecular weight is 667 g/mol. The monoisotopic (exact) mass is 666 g/mol. The van der Waals surface area contributed by atoms with Crippen molar-refractivity contribution in [3.05, 3.63) is 93.9 Å². The average Bonchev–Trinajstić information content (AvgIpc) is 3.68. The van der Waals surface area contributed by atoms with Gasteiger partial charge in [0.1, 0.15) is 10.0 Å². The number of nitrogens with one attached hydrogen (secondary N) is 2. The van der Waals surface area contributed by atoms with E-state index in [0.717, 1.165) is 21.1 Å². The summed E-state index contributed by atoms with van der Waals surface area (Å²) >= 11 is 2.40. The summed E-state index contributed by atoms with van der Waals surface area (Å²) in [6.07, 6.45) is 4.71. The first-order chi connectivity index (χ1) is 21.1. The summed E-state index contributed by atoms with van der Waals surface area (Å²) in [5.74, 6) is 0. The zero-order chi connectivity index (χ0) is 31.2. The minimum Gasteiger partial charge on any atom is -0.256 e. The van der Waals surface area contributed by atoms with Gasteiger partial charge in [-0.3, -0.25) is 19.4 Å². The van der Waals surface area contributed by atoms with Crippen LogP contribution in [0.15, 0.2) is 92.6 Å². The normalized spacial score (nSPS) is 12.2. The van der Waals surface area contributed by atoms with Crippen molar-refractivity contribution in [2.75, 3.05) is 9.44 Å². The quantitative estimate of drug-likeness (QED) is 0.162. The zero-order valence-corrected chi connectivity index (χ0v) is 26.7. The Bertz CT molecular complexity index is 1860. The first-order valence-electron chi connectivity index (χ1n) is 13.2. The lowest BCUT2D eigenvalue weighted by atomic mass is 10.1. The van der Waals surface area contributed by atoms with Gasteiger partial charge < -0.3 is 0 Å². The van der Waals surface area contributed by atoms with Crippen molar-refractivity contribution in [1.82, 2.24) is 20.4 Å². The number of anilines is 2. The number of hydrogen-bond acceptors (Lipinski definition) is 12. The number of hydrogen-bond donors (Lipinski definition) is 2. The zero-order valence-electron chi connectivity index (χ0n) is 23.4. The molecule has 5 rings (SSSR count). The molecule has 2 N–H and O–H groups in total. The molecule has 0 aliphatic heterocycles. The first kappa shape index (κ1) is 31.1. The van der Waals surface area contributed by atoms with Gasteiger partial charge >= 0.3 is 0 Å². The van der Waals surface area contributed by atoms with Crippen LogP contribution in [-0.2, 0) is 32.9 Å². The van der Waals surface area contributed by atoms with Crippen molar-refractivity contribution in [2.45, 2.75) is 36.5 Å². The third-order valence-corrected chi connectivity index (χ3v) is 10.9. The largest absolute Gasteiger partial charge is 0.263 e. The summed E-state index contributed by atoms with van der Waals surface area (Å²) in [5.41, 5.74) is 2.86. The van der Waals surface area contributed by atoms with Crippen molar-refractivity contribution in [3.8, 4) is 0 Å². The molecule has 0 saturated carbocycles.